The fraction of sp³-hybridized carbons (Fsp3) is 0.583. The zero-order valence-electron chi connectivity index (χ0n) is 11.8. The molecule has 1 atom stereocenters. The third kappa shape index (κ3) is 5.78. The summed E-state index contributed by atoms with van der Waals surface area (Å²) in [5.41, 5.74) is -0.386. The molecular weight excluding hydrogens is 322 g/mol. The molecule has 114 valence electrons. The first-order valence-electron chi connectivity index (χ1n) is 5.97. The van der Waals surface area contributed by atoms with Gasteiger partial charge in [-0.15, -0.1) is 11.3 Å². The molecule has 8 heteroatoms. The molecule has 0 saturated heterocycles. The van der Waals surface area contributed by atoms with Crippen LogP contribution in [0, 0.1) is 0 Å². The van der Waals surface area contributed by atoms with Crippen molar-refractivity contribution in [1.29, 1.82) is 0 Å². The van der Waals surface area contributed by atoms with Crippen LogP contribution in [-0.4, -0.2) is 26.5 Å². The molecule has 0 spiro atoms. The molecule has 20 heavy (non-hydrogen) atoms. The minimum Gasteiger partial charge on any atom is -0.366 e. The van der Waals surface area contributed by atoms with Crippen LogP contribution in [0.5, 0.6) is 0 Å². The third-order valence-electron chi connectivity index (χ3n) is 2.28. The number of nitrogens with one attached hydrogen (secondary N) is 1. The van der Waals surface area contributed by atoms with Gasteiger partial charge in [0, 0.05) is 15.6 Å². The van der Waals surface area contributed by atoms with E-state index in [1.165, 1.54) is 6.07 Å². The highest BCUT2D eigenvalue weighted by Crippen LogP contribution is 2.28. The molecule has 1 heterocycles. The van der Waals surface area contributed by atoms with E-state index in [9.17, 15) is 13.2 Å². The molecule has 1 aromatic rings. The fourth-order valence-corrected chi connectivity index (χ4v) is 3.43. The quantitative estimate of drug-likeness (QED) is 0.837. The molecule has 0 aliphatic heterocycles. The summed E-state index contributed by atoms with van der Waals surface area (Å²) in [7, 11) is 1.54. The average molecular weight is 340 g/mol. The number of hydrogen-bond donors (Lipinski definition) is 1. The fourth-order valence-electron chi connectivity index (χ4n) is 1.33. The molecule has 1 aromatic heterocycles. The Morgan fingerprint density at radius 1 is 1.45 bits per heavy atom. The van der Waals surface area contributed by atoms with E-state index in [1.54, 1.807) is 13.0 Å². The van der Waals surface area contributed by atoms with Crippen molar-refractivity contribution in [2.45, 2.75) is 43.5 Å². The summed E-state index contributed by atoms with van der Waals surface area (Å²) in [4.78, 5) is 12.4. The van der Waals surface area contributed by atoms with Crippen LogP contribution < -0.4 is 5.32 Å². The van der Waals surface area contributed by atoms with Crippen molar-refractivity contribution < 1.29 is 17.9 Å². The molecule has 0 bridgehead atoms. The summed E-state index contributed by atoms with van der Waals surface area (Å²) in [6.45, 7) is 7.31. The van der Waals surface area contributed by atoms with Gasteiger partial charge in [-0.05, 0) is 39.8 Å². The molecular formula is C12H18ClNO4S2. The first-order chi connectivity index (χ1) is 8.99. The van der Waals surface area contributed by atoms with Gasteiger partial charge < -0.3 is 10.1 Å². The van der Waals surface area contributed by atoms with E-state index >= 15 is 0 Å². The zero-order valence-corrected chi connectivity index (χ0v) is 14.2. The van der Waals surface area contributed by atoms with E-state index in [1.807, 2.05) is 20.8 Å². The highest BCUT2D eigenvalue weighted by molar-refractivity contribution is 8.15. The Bertz CT molecular complexity index is 575. The van der Waals surface area contributed by atoms with Crippen LogP contribution >= 0.6 is 22.0 Å². The maximum absolute atomic E-state index is 11.7. The Balaban J connectivity index is 2.61. The summed E-state index contributed by atoms with van der Waals surface area (Å²) in [6, 6.07) is 2.76. The van der Waals surface area contributed by atoms with Crippen LogP contribution in [0.4, 0.5) is 0 Å². The molecule has 0 saturated carbocycles. The number of halogens is 1. The van der Waals surface area contributed by atoms with E-state index in [0.29, 0.717) is 4.88 Å². The maximum atomic E-state index is 11.7. The maximum Gasteiger partial charge on any atom is 0.270 e. The summed E-state index contributed by atoms with van der Waals surface area (Å²) in [5, 5.41) is 2.74. The van der Waals surface area contributed by atoms with Crippen molar-refractivity contribution >= 4 is 37.0 Å². The van der Waals surface area contributed by atoms with E-state index in [-0.39, 0.29) is 28.4 Å². The van der Waals surface area contributed by atoms with Gasteiger partial charge in [-0.2, -0.15) is 0 Å². The Hall–Kier alpha value is -0.630. The van der Waals surface area contributed by atoms with Gasteiger partial charge in [-0.25, -0.2) is 8.42 Å². The van der Waals surface area contributed by atoms with Gasteiger partial charge in [0.25, 0.3) is 9.05 Å². The largest absolute Gasteiger partial charge is 0.366 e. The molecule has 0 fully saturated rings. The van der Waals surface area contributed by atoms with Gasteiger partial charge in [0.15, 0.2) is 0 Å². The minimum atomic E-state index is -3.72. The Morgan fingerprint density at radius 3 is 2.50 bits per heavy atom. The lowest BCUT2D eigenvalue weighted by Gasteiger charge is -2.20. The monoisotopic (exact) mass is 339 g/mol. The Kier molecular flexibility index (Phi) is 5.60. The number of carbonyl (C=O) groups is 1. The standard InChI is InChI=1S/C12H18ClNO4S2/c1-8(14-10(15)7-18-12(2,3)4)9-5-6-11(19-9)20(13,16)17/h5-6,8H,7H2,1-4H3,(H,14,15). The molecule has 0 radical (unpaired) electrons. The van der Waals surface area contributed by atoms with Gasteiger partial charge in [0.2, 0.25) is 5.91 Å². The van der Waals surface area contributed by atoms with Crippen LogP contribution in [0.25, 0.3) is 0 Å². The van der Waals surface area contributed by atoms with Crippen LogP contribution in [0.3, 0.4) is 0 Å². The normalized spacial score (nSPS) is 14.1. The summed E-state index contributed by atoms with van der Waals surface area (Å²) < 4.78 is 27.8. The van der Waals surface area contributed by atoms with Crippen LogP contribution in [-0.2, 0) is 18.6 Å². The second kappa shape index (κ2) is 6.43. The second-order valence-corrected chi connectivity index (χ2v) is 9.19. The Morgan fingerprint density at radius 2 is 2.05 bits per heavy atom. The summed E-state index contributed by atoms with van der Waals surface area (Å²) >= 11 is 1.04. The van der Waals surface area contributed by atoms with Crippen molar-refractivity contribution in [3.05, 3.63) is 17.0 Å². The van der Waals surface area contributed by atoms with Gasteiger partial charge in [-0.3, -0.25) is 4.79 Å². The van der Waals surface area contributed by atoms with Crippen LogP contribution in [0.15, 0.2) is 16.3 Å². The zero-order chi connectivity index (χ0) is 15.6. The predicted molar refractivity (Wildman–Crippen MR) is 79.6 cm³/mol. The smallest absolute Gasteiger partial charge is 0.270 e. The lowest BCUT2D eigenvalue weighted by molar-refractivity contribution is -0.131. The van der Waals surface area contributed by atoms with E-state index in [2.05, 4.69) is 5.32 Å². The van der Waals surface area contributed by atoms with E-state index < -0.39 is 9.05 Å². The first kappa shape index (κ1) is 17.4. The molecule has 5 nitrogen and oxygen atoms in total. The lowest BCUT2D eigenvalue weighted by Crippen LogP contribution is -2.33. The predicted octanol–water partition coefficient (Wildman–Crippen LogP) is 2.67. The number of amides is 1. The molecule has 1 amide bonds. The van der Waals surface area contributed by atoms with Gasteiger partial charge >= 0.3 is 0 Å². The van der Waals surface area contributed by atoms with Gasteiger partial charge in [-0.1, -0.05) is 0 Å². The first-order valence-corrected chi connectivity index (χ1v) is 9.09. The minimum absolute atomic E-state index is 0.0418. The van der Waals surface area contributed by atoms with Crippen molar-refractivity contribution in [3.63, 3.8) is 0 Å². The molecule has 0 aromatic carbocycles. The van der Waals surface area contributed by atoms with Crippen molar-refractivity contribution in [3.8, 4) is 0 Å². The van der Waals surface area contributed by atoms with Gasteiger partial charge in [0.1, 0.15) is 10.8 Å². The lowest BCUT2D eigenvalue weighted by atomic mass is 10.2. The molecule has 0 aliphatic carbocycles. The van der Waals surface area contributed by atoms with Crippen molar-refractivity contribution in [1.82, 2.24) is 5.32 Å². The number of thiophene rings is 1. The number of ether oxygens (including phenoxy) is 1. The number of hydrogen-bond acceptors (Lipinski definition) is 5. The second-order valence-electron chi connectivity index (χ2n) is 5.28. The highest BCUT2D eigenvalue weighted by Gasteiger charge is 2.18. The highest BCUT2D eigenvalue weighted by atomic mass is 35.7. The Labute approximate surface area is 127 Å². The average Bonchev–Trinajstić information content (AvgIpc) is 2.74. The summed E-state index contributed by atoms with van der Waals surface area (Å²) in [5.74, 6) is -0.254. The third-order valence-corrected chi connectivity index (χ3v) is 5.64. The van der Waals surface area contributed by atoms with E-state index in [0.717, 1.165) is 11.3 Å². The van der Waals surface area contributed by atoms with Crippen LogP contribution in [0.1, 0.15) is 38.6 Å². The van der Waals surface area contributed by atoms with E-state index in [4.69, 9.17) is 15.4 Å². The summed E-state index contributed by atoms with van der Waals surface area (Å²) in [6.07, 6.45) is 0. The van der Waals surface area contributed by atoms with Gasteiger partial charge in [0.05, 0.1) is 11.6 Å². The topological polar surface area (TPSA) is 72.5 Å². The number of carbonyl (C=O) groups excluding carboxylic acids is 1. The van der Waals surface area contributed by atoms with Crippen molar-refractivity contribution in [2.75, 3.05) is 6.61 Å². The van der Waals surface area contributed by atoms with Crippen molar-refractivity contribution in [2.24, 2.45) is 0 Å². The molecule has 1 N–H and O–H groups in total. The number of rotatable bonds is 5. The van der Waals surface area contributed by atoms with Crippen LogP contribution in [0.2, 0.25) is 0 Å². The molecule has 1 rings (SSSR count). The molecule has 0 aliphatic rings. The molecule has 1 unspecified atom stereocenters. The SMILES string of the molecule is CC(NC(=O)COC(C)(C)C)c1ccc(S(=O)(=O)Cl)s1.